The number of nitrogens with zero attached hydrogens (tertiary/aromatic N) is 2. The molecule has 0 bridgehead atoms. The number of nitrogen functional groups attached to an aromatic ring is 1. The predicted octanol–water partition coefficient (Wildman–Crippen LogP) is 3.06. The van der Waals surface area contributed by atoms with Gasteiger partial charge in [0.25, 0.3) is 5.91 Å². The second-order valence-electron chi connectivity index (χ2n) is 5.06. The highest BCUT2D eigenvalue weighted by Crippen LogP contribution is 2.32. The average molecular weight is 304 g/mol. The van der Waals surface area contributed by atoms with Gasteiger partial charge in [-0.1, -0.05) is 0 Å². The topological polar surface area (TPSA) is 59.2 Å². The fourth-order valence-corrected chi connectivity index (χ4v) is 2.73. The summed E-state index contributed by atoms with van der Waals surface area (Å²) in [6, 6.07) is 11.2. The van der Waals surface area contributed by atoms with Gasteiger partial charge in [0, 0.05) is 30.2 Å². The van der Waals surface area contributed by atoms with E-state index in [9.17, 15) is 4.79 Å². The van der Waals surface area contributed by atoms with E-state index in [1.165, 1.54) is 0 Å². The summed E-state index contributed by atoms with van der Waals surface area (Å²) in [6.45, 7) is 0.802. The van der Waals surface area contributed by atoms with E-state index in [1.54, 1.807) is 36.7 Å². The SMILES string of the molecule is Cl.Nc1ccc(C(=O)N2CCCC2c2ccncc2)cc1. The van der Waals surface area contributed by atoms with Gasteiger partial charge in [0.15, 0.2) is 0 Å². The Bertz CT molecular complexity index is 601. The van der Waals surface area contributed by atoms with Crippen molar-refractivity contribution in [1.82, 2.24) is 9.88 Å². The van der Waals surface area contributed by atoms with Crippen LogP contribution in [-0.4, -0.2) is 22.3 Å². The highest BCUT2D eigenvalue weighted by Gasteiger charge is 2.30. The maximum absolute atomic E-state index is 12.6. The number of pyridine rings is 1. The first-order valence-corrected chi connectivity index (χ1v) is 6.82. The number of carbonyl (C=O) groups excluding carboxylic acids is 1. The fourth-order valence-electron chi connectivity index (χ4n) is 2.73. The number of rotatable bonds is 2. The van der Waals surface area contributed by atoms with Crippen LogP contribution in [0.1, 0.15) is 34.8 Å². The van der Waals surface area contributed by atoms with Crippen LogP contribution in [0, 0.1) is 0 Å². The van der Waals surface area contributed by atoms with E-state index in [4.69, 9.17) is 5.73 Å². The third-order valence-corrected chi connectivity index (χ3v) is 3.76. The number of carbonyl (C=O) groups is 1. The highest BCUT2D eigenvalue weighted by atomic mass is 35.5. The molecule has 1 aliphatic rings. The molecule has 1 fully saturated rings. The molecule has 0 aliphatic carbocycles. The smallest absolute Gasteiger partial charge is 0.254 e. The number of likely N-dealkylation sites (tertiary alicyclic amines) is 1. The van der Waals surface area contributed by atoms with Crippen LogP contribution >= 0.6 is 12.4 Å². The minimum atomic E-state index is 0. The van der Waals surface area contributed by atoms with Crippen molar-refractivity contribution >= 4 is 24.0 Å². The number of hydrogen-bond donors (Lipinski definition) is 1. The van der Waals surface area contributed by atoms with Gasteiger partial charge in [-0.05, 0) is 54.8 Å². The fraction of sp³-hybridized carbons (Fsp3) is 0.250. The largest absolute Gasteiger partial charge is 0.399 e. The Balaban J connectivity index is 0.00000161. The van der Waals surface area contributed by atoms with E-state index in [1.807, 2.05) is 17.0 Å². The minimum absolute atomic E-state index is 0. The molecule has 2 N–H and O–H groups in total. The third-order valence-electron chi connectivity index (χ3n) is 3.76. The molecule has 1 unspecified atom stereocenters. The molecule has 3 rings (SSSR count). The molecule has 1 aromatic carbocycles. The maximum Gasteiger partial charge on any atom is 0.254 e. The van der Waals surface area contributed by atoms with Gasteiger partial charge in [-0.25, -0.2) is 0 Å². The second kappa shape index (κ2) is 6.59. The lowest BCUT2D eigenvalue weighted by Crippen LogP contribution is -2.30. The lowest BCUT2D eigenvalue weighted by atomic mass is 10.1. The van der Waals surface area contributed by atoms with Crippen LogP contribution in [0.15, 0.2) is 48.8 Å². The molecular formula is C16H18ClN3O. The van der Waals surface area contributed by atoms with Crippen LogP contribution < -0.4 is 5.73 Å². The van der Waals surface area contributed by atoms with Crippen molar-refractivity contribution < 1.29 is 4.79 Å². The van der Waals surface area contributed by atoms with Crippen molar-refractivity contribution in [3.63, 3.8) is 0 Å². The van der Waals surface area contributed by atoms with Crippen LogP contribution in [0.5, 0.6) is 0 Å². The molecule has 0 spiro atoms. The van der Waals surface area contributed by atoms with Crippen molar-refractivity contribution in [3.05, 3.63) is 59.9 Å². The van der Waals surface area contributed by atoms with Crippen LogP contribution in [0.4, 0.5) is 5.69 Å². The van der Waals surface area contributed by atoms with E-state index in [2.05, 4.69) is 4.98 Å². The van der Waals surface area contributed by atoms with Crippen molar-refractivity contribution in [1.29, 1.82) is 0 Å². The van der Waals surface area contributed by atoms with Gasteiger partial charge < -0.3 is 10.6 Å². The Morgan fingerprint density at radius 1 is 1.14 bits per heavy atom. The number of anilines is 1. The number of amides is 1. The van der Waals surface area contributed by atoms with Gasteiger partial charge in [0.2, 0.25) is 0 Å². The zero-order chi connectivity index (χ0) is 13.9. The molecule has 5 heteroatoms. The molecule has 2 heterocycles. The van der Waals surface area contributed by atoms with E-state index in [0.717, 1.165) is 24.9 Å². The van der Waals surface area contributed by atoms with E-state index in [-0.39, 0.29) is 24.4 Å². The lowest BCUT2D eigenvalue weighted by molar-refractivity contribution is 0.0735. The third kappa shape index (κ3) is 3.16. The zero-order valence-electron chi connectivity index (χ0n) is 11.6. The van der Waals surface area contributed by atoms with Gasteiger partial charge in [0.05, 0.1) is 6.04 Å². The van der Waals surface area contributed by atoms with Crippen LogP contribution in [-0.2, 0) is 0 Å². The van der Waals surface area contributed by atoms with E-state index < -0.39 is 0 Å². The monoisotopic (exact) mass is 303 g/mol. The molecule has 1 saturated heterocycles. The Morgan fingerprint density at radius 2 is 1.81 bits per heavy atom. The first-order chi connectivity index (χ1) is 9.75. The van der Waals surface area contributed by atoms with Crippen LogP contribution in [0.25, 0.3) is 0 Å². The molecule has 0 radical (unpaired) electrons. The van der Waals surface area contributed by atoms with Gasteiger partial charge in [-0.2, -0.15) is 0 Å². The summed E-state index contributed by atoms with van der Waals surface area (Å²) in [5.41, 5.74) is 8.19. The Labute approximate surface area is 130 Å². The summed E-state index contributed by atoms with van der Waals surface area (Å²) in [7, 11) is 0. The van der Waals surface area contributed by atoms with E-state index >= 15 is 0 Å². The first kappa shape index (κ1) is 15.3. The number of benzene rings is 1. The van der Waals surface area contributed by atoms with Crippen molar-refractivity contribution in [2.24, 2.45) is 0 Å². The number of nitrogens with two attached hydrogens (primary N) is 1. The average Bonchev–Trinajstić information content (AvgIpc) is 2.97. The molecule has 2 aromatic rings. The van der Waals surface area contributed by atoms with Gasteiger partial charge in [-0.15, -0.1) is 12.4 Å². The number of hydrogen-bond acceptors (Lipinski definition) is 3. The molecule has 21 heavy (non-hydrogen) atoms. The number of halogens is 1. The summed E-state index contributed by atoms with van der Waals surface area (Å²) in [4.78, 5) is 18.6. The summed E-state index contributed by atoms with van der Waals surface area (Å²) >= 11 is 0. The van der Waals surface area contributed by atoms with Gasteiger partial charge in [-0.3, -0.25) is 9.78 Å². The molecule has 4 nitrogen and oxygen atoms in total. The molecule has 0 saturated carbocycles. The quantitative estimate of drug-likeness (QED) is 0.867. The van der Waals surface area contributed by atoms with Gasteiger partial charge >= 0.3 is 0 Å². The zero-order valence-corrected chi connectivity index (χ0v) is 12.4. The molecule has 110 valence electrons. The van der Waals surface area contributed by atoms with Gasteiger partial charge in [0.1, 0.15) is 0 Å². The number of aromatic nitrogens is 1. The molecule has 1 amide bonds. The standard InChI is InChI=1S/C16H17N3O.ClH/c17-14-5-3-13(4-6-14)16(20)19-11-1-2-15(19)12-7-9-18-10-8-12;/h3-10,15H,1-2,11,17H2;1H. The Morgan fingerprint density at radius 3 is 2.48 bits per heavy atom. The Hall–Kier alpha value is -2.07. The summed E-state index contributed by atoms with van der Waals surface area (Å²) in [5.74, 6) is 0.0734. The molecule has 1 atom stereocenters. The van der Waals surface area contributed by atoms with Crippen LogP contribution in [0.3, 0.4) is 0 Å². The second-order valence-corrected chi connectivity index (χ2v) is 5.06. The molecular weight excluding hydrogens is 286 g/mol. The highest BCUT2D eigenvalue weighted by molar-refractivity contribution is 5.95. The maximum atomic E-state index is 12.6. The summed E-state index contributed by atoms with van der Waals surface area (Å²) < 4.78 is 0. The van der Waals surface area contributed by atoms with Crippen molar-refractivity contribution in [3.8, 4) is 0 Å². The Kier molecular flexibility index (Phi) is 4.81. The summed E-state index contributed by atoms with van der Waals surface area (Å²) in [6.07, 6.45) is 5.59. The lowest BCUT2D eigenvalue weighted by Gasteiger charge is -2.25. The van der Waals surface area contributed by atoms with Crippen molar-refractivity contribution in [2.45, 2.75) is 18.9 Å². The van der Waals surface area contributed by atoms with Crippen molar-refractivity contribution in [2.75, 3.05) is 12.3 Å². The van der Waals surface area contributed by atoms with E-state index in [0.29, 0.717) is 11.3 Å². The predicted molar refractivity (Wildman–Crippen MR) is 85.4 cm³/mol. The first-order valence-electron chi connectivity index (χ1n) is 6.82. The minimum Gasteiger partial charge on any atom is -0.399 e. The van der Waals surface area contributed by atoms with Crippen LogP contribution in [0.2, 0.25) is 0 Å². The normalized spacial score (nSPS) is 17.3. The molecule has 1 aliphatic heterocycles. The molecule has 1 aromatic heterocycles. The summed E-state index contributed by atoms with van der Waals surface area (Å²) in [5, 5.41) is 0.